The summed E-state index contributed by atoms with van der Waals surface area (Å²) in [5.74, 6) is -2.69. The van der Waals surface area contributed by atoms with Gasteiger partial charge in [0.25, 0.3) is 17.4 Å². The predicted molar refractivity (Wildman–Crippen MR) is 267 cm³/mol. The van der Waals surface area contributed by atoms with Gasteiger partial charge >= 0.3 is 17.7 Å². The molecule has 71 heavy (non-hydrogen) atoms. The molecule has 5 amide bonds. The number of H-pyrrole nitrogens is 2. The van der Waals surface area contributed by atoms with Crippen LogP contribution < -0.4 is 32.9 Å². The average molecular weight is 978 g/mol. The summed E-state index contributed by atoms with van der Waals surface area (Å²) in [6.45, 7) is 3.22. The molecular weight excluding hydrogens is 911 g/mol. The molecule has 19 nitrogen and oxygen atoms in total. The SMILES string of the molecule is CCCCCCCCCCCCOC(=O)[C@H](Cc1c[nH]c2ccccc12)NC(=O)N[C@@H](Cc1ccc2ccccc2c1)C(=O)N[C@@H]1C(=O)N(C[C@H]2C[C@@H](O)[C@H](n3ccc(=O)[nH]c3=O)O2)N(C(=O)CN)[C@H]1C. The lowest BCUT2D eigenvalue weighted by molar-refractivity contribution is -0.159. The van der Waals surface area contributed by atoms with E-state index in [0.29, 0.717) is 12.0 Å². The Labute approximate surface area is 411 Å². The second-order valence-corrected chi connectivity index (χ2v) is 18.6. The fraction of sp³-hybridized carbons (Fsp3) is 0.481. The van der Waals surface area contributed by atoms with Gasteiger partial charge in [-0.15, -0.1) is 0 Å². The van der Waals surface area contributed by atoms with Gasteiger partial charge in [-0.1, -0.05) is 125 Å². The number of hydrogen-bond acceptors (Lipinski definition) is 11. The first kappa shape index (κ1) is 52.0. The first-order chi connectivity index (χ1) is 34.3. The standard InChI is InChI=1S/C52H67N9O10/c1-3-4-5-6-7-8-9-10-11-16-25-70-50(67)42(28-37-31-54-40-20-15-14-19-39(37)40)56-51(68)55-41(27-34-21-22-35-17-12-13-18-36(35)26-34)47(65)58-46-33(2)61(45(64)30-53)60(48(46)66)32-38-29-43(62)49(71-38)59-24-23-44(63)57-52(59)69/h12-15,17-24,26,31,33,38,41-43,46,49,54,62H,3-11,16,25,27-30,32,53H2,1-2H3,(H,58,65)(H2,55,56,68)(H,57,63,69)/t33-,38+,41-,42-,43+,46-,49+/m0/s1. The Kier molecular flexibility index (Phi) is 18.2. The van der Waals surface area contributed by atoms with Crippen molar-refractivity contribution in [1.82, 2.24) is 40.5 Å². The highest BCUT2D eigenvalue weighted by Crippen LogP contribution is 2.31. The molecule has 19 heteroatoms. The van der Waals surface area contributed by atoms with Gasteiger partial charge in [-0.25, -0.2) is 24.4 Å². The molecule has 5 aromatic rings. The number of aromatic nitrogens is 3. The molecule has 7 rings (SSSR count). The van der Waals surface area contributed by atoms with Crippen LogP contribution in [0.5, 0.6) is 0 Å². The third kappa shape index (κ3) is 13.3. The number of fused-ring (bicyclic) bond motifs is 2. The number of rotatable bonds is 24. The largest absolute Gasteiger partial charge is 0.464 e. The quantitative estimate of drug-likeness (QED) is 0.0340. The lowest BCUT2D eigenvalue weighted by Crippen LogP contribution is -2.57. The van der Waals surface area contributed by atoms with Crippen molar-refractivity contribution in [3.63, 3.8) is 0 Å². The van der Waals surface area contributed by atoms with Crippen molar-refractivity contribution in [2.24, 2.45) is 5.73 Å². The van der Waals surface area contributed by atoms with E-state index in [-0.39, 0.29) is 32.4 Å². The summed E-state index contributed by atoms with van der Waals surface area (Å²) in [6, 6.07) is 16.5. The normalized spacial score (nSPS) is 19.8. The van der Waals surface area contributed by atoms with Crippen molar-refractivity contribution in [2.75, 3.05) is 19.7 Å². The second kappa shape index (κ2) is 24.8. The van der Waals surface area contributed by atoms with Gasteiger partial charge in [0.05, 0.1) is 31.8 Å². The van der Waals surface area contributed by atoms with E-state index < -0.39 is 90.1 Å². The van der Waals surface area contributed by atoms with E-state index in [1.807, 2.05) is 66.7 Å². The van der Waals surface area contributed by atoms with Crippen molar-refractivity contribution in [3.05, 3.63) is 117 Å². The Morgan fingerprint density at radius 3 is 2.28 bits per heavy atom. The van der Waals surface area contributed by atoms with E-state index in [1.54, 1.807) is 13.1 Å². The maximum atomic E-state index is 14.6. The first-order valence-corrected chi connectivity index (χ1v) is 24.9. The zero-order valence-electron chi connectivity index (χ0n) is 40.5. The zero-order valence-corrected chi connectivity index (χ0v) is 40.5. The molecule has 0 unspecified atom stereocenters. The van der Waals surface area contributed by atoms with E-state index in [2.05, 4.69) is 32.8 Å². The minimum absolute atomic E-state index is 0.0237. The number of carbonyl (C=O) groups is 5. The summed E-state index contributed by atoms with van der Waals surface area (Å²) in [4.78, 5) is 99.9. The van der Waals surface area contributed by atoms with Crippen LogP contribution in [0.25, 0.3) is 21.7 Å². The number of hydrazine groups is 1. The number of unbranched alkanes of at least 4 members (excludes halogenated alkanes) is 9. The molecule has 0 aliphatic carbocycles. The molecule has 3 aromatic carbocycles. The third-order valence-corrected chi connectivity index (χ3v) is 13.4. The Balaban J connectivity index is 1.06. The number of nitrogens with zero attached hydrogens (tertiary/aromatic N) is 3. The summed E-state index contributed by atoms with van der Waals surface area (Å²) < 4.78 is 12.8. The van der Waals surface area contributed by atoms with Crippen LogP contribution in [-0.2, 0) is 41.5 Å². The van der Waals surface area contributed by atoms with Gasteiger partial charge < -0.3 is 41.2 Å². The van der Waals surface area contributed by atoms with Gasteiger partial charge in [0.15, 0.2) is 6.23 Å². The number of nitrogens with one attached hydrogen (secondary N) is 5. The van der Waals surface area contributed by atoms with Crippen LogP contribution in [0.1, 0.15) is 102 Å². The van der Waals surface area contributed by atoms with Crippen LogP contribution in [-0.4, -0.2) is 115 Å². The van der Waals surface area contributed by atoms with Crippen LogP contribution in [0.15, 0.2) is 94.8 Å². The van der Waals surface area contributed by atoms with Crippen LogP contribution in [0, 0.1) is 0 Å². The fourth-order valence-electron chi connectivity index (χ4n) is 9.57. The van der Waals surface area contributed by atoms with Crippen molar-refractivity contribution in [3.8, 4) is 0 Å². The number of para-hydroxylation sites is 1. The number of hydrogen-bond donors (Lipinski definition) is 7. The summed E-state index contributed by atoms with van der Waals surface area (Å²) in [5.41, 5.74) is 6.70. The van der Waals surface area contributed by atoms with Gasteiger partial charge in [0.2, 0.25) is 5.91 Å². The van der Waals surface area contributed by atoms with E-state index in [4.69, 9.17) is 15.2 Å². The number of aromatic amines is 2. The number of urea groups is 1. The van der Waals surface area contributed by atoms with Gasteiger partial charge in [-0.05, 0) is 41.3 Å². The summed E-state index contributed by atoms with van der Waals surface area (Å²) >= 11 is 0. The lowest BCUT2D eigenvalue weighted by Gasteiger charge is -2.31. The lowest BCUT2D eigenvalue weighted by atomic mass is 10.0. The minimum Gasteiger partial charge on any atom is -0.464 e. The molecule has 380 valence electrons. The van der Waals surface area contributed by atoms with Gasteiger partial charge in [0.1, 0.15) is 24.2 Å². The summed E-state index contributed by atoms with van der Waals surface area (Å²) in [7, 11) is 0. The van der Waals surface area contributed by atoms with Crippen molar-refractivity contribution in [1.29, 1.82) is 0 Å². The highest BCUT2D eigenvalue weighted by Gasteiger charge is 2.49. The minimum atomic E-state index is -1.32. The van der Waals surface area contributed by atoms with E-state index >= 15 is 0 Å². The van der Waals surface area contributed by atoms with Crippen molar-refractivity contribution >= 4 is 51.4 Å². The van der Waals surface area contributed by atoms with Gasteiger partial charge in [-0.3, -0.25) is 28.7 Å². The molecule has 7 atom stereocenters. The molecule has 2 aliphatic heterocycles. The molecule has 0 radical (unpaired) electrons. The maximum absolute atomic E-state index is 14.6. The zero-order chi connectivity index (χ0) is 50.4. The topological polar surface area (TPSA) is 263 Å². The van der Waals surface area contributed by atoms with Crippen LogP contribution in [0.4, 0.5) is 4.79 Å². The number of amides is 5. The molecule has 2 saturated heterocycles. The molecule has 2 aliphatic rings. The Bertz CT molecular complexity index is 2750. The molecule has 0 saturated carbocycles. The van der Waals surface area contributed by atoms with Crippen molar-refractivity contribution < 1.29 is 38.6 Å². The Hall–Kier alpha value is -6.83. The van der Waals surface area contributed by atoms with Crippen molar-refractivity contribution in [2.45, 2.75) is 140 Å². The van der Waals surface area contributed by atoms with Crippen LogP contribution in [0.2, 0.25) is 0 Å². The summed E-state index contributed by atoms with van der Waals surface area (Å²) in [6.07, 6.45) is 10.9. The molecule has 8 N–H and O–H groups in total. The number of benzene rings is 3. The number of ether oxygens (including phenoxy) is 2. The van der Waals surface area contributed by atoms with Crippen LogP contribution in [0.3, 0.4) is 0 Å². The first-order valence-electron chi connectivity index (χ1n) is 24.9. The number of carbonyl (C=O) groups excluding carboxylic acids is 5. The fourth-order valence-corrected chi connectivity index (χ4v) is 9.57. The number of nitrogens with two attached hydrogens (primary N) is 1. The maximum Gasteiger partial charge on any atom is 0.330 e. The number of aliphatic hydroxyl groups excluding tert-OH is 1. The smallest absolute Gasteiger partial charge is 0.330 e. The Morgan fingerprint density at radius 1 is 0.859 bits per heavy atom. The second-order valence-electron chi connectivity index (χ2n) is 18.6. The molecule has 0 spiro atoms. The molecule has 0 bridgehead atoms. The van der Waals surface area contributed by atoms with E-state index in [1.165, 1.54) is 44.7 Å². The number of esters is 1. The van der Waals surface area contributed by atoms with E-state index in [9.17, 15) is 38.7 Å². The van der Waals surface area contributed by atoms with Gasteiger partial charge in [-0.2, -0.15) is 0 Å². The third-order valence-electron chi connectivity index (χ3n) is 13.4. The predicted octanol–water partition coefficient (Wildman–Crippen LogP) is 4.22. The number of aliphatic hydroxyl groups is 1. The monoisotopic (exact) mass is 978 g/mol. The highest BCUT2D eigenvalue weighted by molar-refractivity contribution is 5.96. The van der Waals surface area contributed by atoms with Crippen LogP contribution >= 0.6 is 0 Å². The molecular formula is C52H67N9O10. The highest BCUT2D eigenvalue weighted by atomic mass is 16.5. The Morgan fingerprint density at radius 2 is 1.55 bits per heavy atom. The average Bonchev–Trinajstić information content (AvgIpc) is 4.01. The van der Waals surface area contributed by atoms with Gasteiger partial charge in [0, 0.05) is 48.6 Å². The van der Waals surface area contributed by atoms with E-state index in [0.717, 1.165) is 67.2 Å². The molecule has 2 aromatic heterocycles. The summed E-state index contributed by atoms with van der Waals surface area (Å²) in [5, 5.41) is 24.2. The molecule has 2 fully saturated rings. The molecule has 4 heterocycles.